The molecule has 0 bridgehead atoms. The standard InChI is InChI=1S/C27H25F4N5O3/c1-3-26(37)35-20-12-21(23(38-2)11-19(20)15-4-5-15)34-24-13-25(33-14-32-24)36-22(6-7-39-36)16-8-17(27(29,30)31)10-18(28)9-16/h3,8-15,22H,1,4-7H2,2H3,(H,35,37)(H,32,33,34)/t22-/m1/s1. The van der Waals surface area contributed by atoms with Crippen molar-refractivity contribution in [1.29, 1.82) is 0 Å². The van der Waals surface area contributed by atoms with Crippen LogP contribution >= 0.6 is 0 Å². The molecule has 1 saturated heterocycles. The molecule has 1 saturated carbocycles. The molecule has 2 fully saturated rings. The van der Waals surface area contributed by atoms with Crippen molar-refractivity contribution >= 4 is 28.9 Å². The van der Waals surface area contributed by atoms with Gasteiger partial charge >= 0.3 is 6.18 Å². The molecule has 0 unspecified atom stereocenters. The minimum Gasteiger partial charge on any atom is -0.495 e. The summed E-state index contributed by atoms with van der Waals surface area (Å²) in [7, 11) is 1.53. The number of benzene rings is 2. The molecule has 1 atom stereocenters. The summed E-state index contributed by atoms with van der Waals surface area (Å²) in [6.45, 7) is 3.71. The number of hydrogen-bond acceptors (Lipinski definition) is 7. The highest BCUT2D eigenvalue weighted by molar-refractivity contribution is 6.00. The third-order valence-electron chi connectivity index (χ3n) is 6.51. The Morgan fingerprint density at radius 3 is 2.62 bits per heavy atom. The molecule has 1 amide bonds. The van der Waals surface area contributed by atoms with Crippen LogP contribution in [0.4, 0.5) is 40.6 Å². The topological polar surface area (TPSA) is 88.6 Å². The van der Waals surface area contributed by atoms with Gasteiger partial charge in [0.05, 0.1) is 31.0 Å². The number of halogens is 4. The van der Waals surface area contributed by atoms with Crippen molar-refractivity contribution in [2.75, 3.05) is 29.4 Å². The van der Waals surface area contributed by atoms with Gasteiger partial charge in [-0.3, -0.25) is 9.63 Å². The van der Waals surface area contributed by atoms with E-state index in [0.29, 0.717) is 41.3 Å². The molecule has 2 N–H and O–H groups in total. The Kier molecular flexibility index (Phi) is 7.13. The molecule has 8 nitrogen and oxygen atoms in total. The number of hydrogen-bond donors (Lipinski definition) is 2. The fourth-order valence-corrected chi connectivity index (χ4v) is 4.53. The SMILES string of the molecule is C=CC(=O)Nc1cc(Nc2cc(N3OCC[C@@H]3c3cc(F)cc(C(F)(F)F)c3)ncn2)c(OC)cc1C1CC1. The molecule has 2 aromatic carbocycles. The van der Waals surface area contributed by atoms with E-state index in [1.165, 1.54) is 24.6 Å². The van der Waals surface area contributed by atoms with Gasteiger partial charge in [-0.2, -0.15) is 13.2 Å². The van der Waals surface area contributed by atoms with Crippen LogP contribution in [-0.2, 0) is 15.8 Å². The third kappa shape index (κ3) is 5.80. The summed E-state index contributed by atoms with van der Waals surface area (Å²) in [5.74, 6) is 0.120. The van der Waals surface area contributed by atoms with Crippen LogP contribution in [0.5, 0.6) is 5.75 Å². The lowest BCUT2D eigenvalue weighted by Gasteiger charge is -2.25. The molecule has 0 radical (unpaired) electrons. The predicted molar refractivity (Wildman–Crippen MR) is 136 cm³/mol. The quantitative estimate of drug-likeness (QED) is 0.256. The van der Waals surface area contributed by atoms with Crippen LogP contribution in [0.1, 0.15) is 47.9 Å². The number of carbonyl (C=O) groups excluding carboxylic acids is 1. The smallest absolute Gasteiger partial charge is 0.416 e. The van der Waals surface area contributed by atoms with Gasteiger partial charge in [0.2, 0.25) is 5.91 Å². The van der Waals surface area contributed by atoms with Crippen LogP contribution in [0.3, 0.4) is 0 Å². The second kappa shape index (κ2) is 10.5. The molecule has 5 rings (SSSR count). The summed E-state index contributed by atoms with van der Waals surface area (Å²) in [5, 5.41) is 7.34. The summed E-state index contributed by atoms with van der Waals surface area (Å²) in [6.07, 6.45) is 0.119. The first kappa shape index (κ1) is 26.4. The van der Waals surface area contributed by atoms with Crippen molar-refractivity contribution in [1.82, 2.24) is 9.97 Å². The molecular formula is C27H25F4N5O3. The number of methoxy groups -OCH3 is 1. The molecule has 12 heteroatoms. The fourth-order valence-electron chi connectivity index (χ4n) is 4.53. The number of ether oxygens (including phenoxy) is 1. The Hall–Kier alpha value is -4.19. The van der Waals surface area contributed by atoms with Gasteiger partial charge in [0, 0.05) is 18.2 Å². The van der Waals surface area contributed by atoms with Crippen LogP contribution in [0.25, 0.3) is 0 Å². The summed E-state index contributed by atoms with van der Waals surface area (Å²) in [6, 6.07) is 6.91. The van der Waals surface area contributed by atoms with E-state index in [4.69, 9.17) is 9.57 Å². The zero-order valence-electron chi connectivity index (χ0n) is 20.9. The number of carbonyl (C=O) groups is 1. The van der Waals surface area contributed by atoms with Gasteiger partial charge in [-0.15, -0.1) is 0 Å². The van der Waals surface area contributed by atoms with Gasteiger partial charge in [0.15, 0.2) is 5.82 Å². The Balaban J connectivity index is 1.44. The van der Waals surface area contributed by atoms with Gasteiger partial charge in [0.25, 0.3) is 0 Å². The Morgan fingerprint density at radius 2 is 1.92 bits per heavy atom. The van der Waals surface area contributed by atoms with Crippen molar-refractivity contribution in [2.45, 2.75) is 37.4 Å². The van der Waals surface area contributed by atoms with Crippen LogP contribution in [0.15, 0.2) is 55.4 Å². The number of alkyl halides is 3. The minimum atomic E-state index is -4.69. The first-order chi connectivity index (χ1) is 18.7. The van der Waals surface area contributed by atoms with E-state index in [2.05, 4.69) is 27.2 Å². The molecule has 204 valence electrons. The maximum atomic E-state index is 14.1. The normalized spacial score (nSPS) is 17.2. The van der Waals surface area contributed by atoms with Crippen LogP contribution < -0.4 is 20.4 Å². The van der Waals surface area contributed by atoms with E-state index < -0.39 is 23.6 Å². The highest BCUT2D eigenvalue weighted by Gasteiger charge is 2.35. The first-order valence-electron chi connectivity index (χ1n) is 12.2. The molecule has 39 heavy (non-hydrogen) atoms. The van der Waals surface area contributed by atoms with Crippen LogP contribution in [0, 0.1) is 5.82 Å². The zero-order chi connectivity index (χ0) is 27.7. The molecule has 1 aromatic heterocycles. The lowest BCUT2D eigenvalue weighted by atomic mass is 10.0. The van der Waals surface area contributed by atoms with E-state index in [1.54, 1.807) is 12.1 Å². The second-order valence-electron chi connectivity index (χ2n) is 9.23. The Morgan fingerprint density at radius 1 is 1.13 bits per heavy atom. The van der Waals surface area contributed by atoms with E-state index in [-0.39, 0.29) is 23.9 Å². The third-order valence-corrected chi connectivity index (χ3v) is 6.51. The number of aromatic nitrogens is 2. The van der Waals surface area contributed by atoms with Gasteiger partial charge in [0.1, 0.15) is 23.7 Å². The number of rotatable bonds is 8. The van der Waals surface area contributed by atoms with Gasteiger partial charge in [-0.1, -0.05) is 6.58 Å². The number of nitrogens with one attached hydrogen (secondary N) is 2. The molecule has 2 aliphatic rings. The average molecular weight is 544 g/mol. The Bertz CT molecular complexity index is 1410. The van der Waals surface area contributed by atoms with Gasteiger partial charge in [-0.05, 0) is 66.3 Å². The zero-order valence-corrected chi connectivity index (χ0v) is 20.9. The van der Waals surface area contributed by atoms with Crippen molar-refractivity contribution in [3.05, 3.63) is 77.9 Å². The van der Waals surface area contributed by atoms with E-state index in [0.717, 1.165) is 30.5 Å². The number of amides is 1. The first-order valence-corrected chi connectivity index (χ1v) is 12.2. The predicted octanol–water partition coefficient (Wildman–Crippen LogP) is 6.27. The van der Waals surface area contributed by atoms with Gasteiger partial charge in [-0.25, -0.2) is 19.4 Å². The highest BCUT2D eigenvalue weighted by atomic mass is 19.4. The van der Waals surface area contributed by atoms with Crippen molar-refractivity contribution in [2.24, 2.45) is 0 Å². The molecule has 3 aromatic rings. The average Bonchev–Trinajstić information content (AvgIpc) is 3.63. The second-order valence-corrected chi connectivity index (χ2v) is 9.23. The van der Waals surface area contributed by atoms with Crippen LogP contribution in [-0.4, -0.2) is 29.6 Å². The highest BCUT2D eigenvalue weighted by Crippen LogP contribution is 2.47. The van der Waals surface area contributed by atoms with E-state index in [9.17, 15) is 22.4 Å². The largest absolute Gasteiger partial charge is 0.495 e. The summed E-state index contributed by atoms with van der Waals surface area (Å²) >= 11 is 0. The molecule has 2 heterocycles. The molecule has 0 spiro atoms. The molecule has 1 aliphatic carbocycles. The maximum absolute atomic E-state index is 14.1. The van der Waals surface area contributed by atoms with Crippen LogP contribution in [0.2, 0.25) is 0 Å². The van der Waals surface area contributed by atoms with Crippen molar-refractivity contribution < 1.29 is 31.9 Å². The Labute approximate surface area is 221 Å². The van der Waals surface area contributed by atoms with Gasteiger partial charge < -0.3 is 15.4 Å². The molecular weight excluding hydrogens is 518 g/mol. The summed E-state index contributed by atoms with van der Waals surface area (Å²) in [4.78, 5) is 26.2. The number of hydroxylamine groups is 1. The number of anilines is 4. The van der Waals surface area contributed by atoms with Crippen molar-refractivity contribution in [3.63, 3.8) is 0 Å². The van der Waals surface area contributed by atoms with E-state index >= 15 is 0 Å². The summed E-state index contributed by atoms with van der Waals surface area (Å²) in [5.41, 5.74) is 1.14. The molecule has 1 aliphatic heterocycles. The summed E-state index contributed by atoms with van der Waals surface area (Å²) < 4.78 is 59.5. The maximum Gasteiger partial charge on any atom is 0.416 e. The number of nitrogens with zero attached hydrogens (tertiary/aromatic N) is 3. The monoisotopic (exact) mass is 543 g/mol. The minimum absolute atomic E-state index is 0.118. The van der Waals surface area contributed by atoms with Crippen molar-refractivity contribution in [3.8, 4) is 5.75 Å². The fraction of sp³-hybridized carbons (Fsp3) is 0.296. The lowest BCUT2D eigenvalue weighted by molar-refractivity contribution is -0.137. The lowest BCUT2D eigenvalue weighted by Crippen LogP contribution is -2.23. The van der Waals surface area contributed by atoms with E-state index in [1.807, 2.05) is 6.07 Å².